The Balaban J connectivity index is 1.54. The molecule has 3 rings (SSSR count). The minimum Gasteiger partial charge on any atom is -0.348 e. The first-order chi connectivity index (χ1) is 12.1. The smallest absolute Gasteiger partial charge is 0.273 e. The lowest BCUT2D eigenvalue weighted by molar-refractivity contribution is 0.0932. The van der Waals surface area contributed by atoms with E-state index in [2.05, 4.69) is 20.7 Å². The Bertz CT molecular complexity index is 829. The van der Waals surface area contributed by atoms with E-state index in [1.54, 1.807) is 17.1 Å². The van der Waals surface area contributed by atoms with Crippen LogP contribution in [0.3, 0.4) is 0 Å². The van der Waals surface area contributed by atoms with E-state index in [-0.39, 0.29) is 17.6 Å². The van der Waals surface area contributed by atoms with E-state index in [4.69, 9.17) is 11.6 Å². The Kier molecular flexibility index (Phi) is 5.45. The number of nitrogens with one attached hydrogen (secondary N) is 1. The lowest BCUT2D eigenvalue weighted by Crippen LogP contribution is -2.33. The Hall–Kier alpha value is -2.67. The molecule has 3 aromatic rings. The summed E-state index contributed by atoms with van der Waals surface area (Å²) < 4.78 is 3.44. The number of nitrogens with zero attached hydrogens (tertiary/aromatic N) is 5. The van der Waals surface area contributed by atoms with Gasteiger partial charge in [-0.3, -0.25) is 9.48 Å². The van der Waals surface area contributed by atoms with Crippen molar-refractivity contribution in [2.75, 3.05) is 0 Å². The van der Waals surface area contributed by atoms with Crippen LogP contribution in [-0.4, -0.2) is 36.7 Å². The molecule has 2 aromatic heterocycles. The Morgan fingerprint density at radius 2 is 2.12 bits per heavy atom. The van der Waals surface area contributed by atoms with Gasteiger partial charge in [-0.05, 0) is 31.0 Å². The predicted octanol–water partition coefficient (Wildman–Crippen LogP) is 2.38. The second kappa shape index (κ2) is 7.94. The van der Waals surface area contributed by atoms with Crippen molar-refractivity contribution >= 4 is 17.5 Å². The molecule has 130 valence electrons. The highest BCUT2D eigenvalue weighted by Gasteiger charge is 2.14. The third kappa shape index (κ3) is 4.67. The highest BCUT2D eigenvalue weighted by Crippen LogP contribution is 2.15. The zero-order valence-corrected chi connectivity index (χ0v) is 14.6. The number of rotatable bonds is 7. The van der Waals surface area contributed by atoms with Crippen molar-refractivity contribution in [2.45, 2.75) is 32.5 Å². The quantitative estimate of drug-likeness (QED) is 0.703. The maximum Gasteiger partial charge on any atom is 0.273 e. The molecule has 0 fully saturated rings. The third-order valence-electron chi connectivity index (χ3n) is 3.79. The predicted molar refractivity (Wildman–Crippen MR) is 94.3 cm³/mol. The molecule has 2 heterocycles. The average molecular weight is 359 g/mol. The Morgan fingerprint density at radius 1 is 1.28 bits per heavy atom. The van der Waals surface area contributed by atoms with Crippen LogP contribution in [0.4, 0.5) is 0 Å². The lowest BCUT2D eigenvalue weighted by atomic mass is 10.2. The zero-order valence-electron chi connectivity index (χ0n) is 13.8. The molecule has 0 unspecified atom stereocenters. The fourth-order valence-corrected chi connectivity index (χ4v) is 2.60. The normalized spacial score (nSPS) is 12.1. The van der Waals surface area contributed by atoms with E-state index in [1.165, 1.54) is 0 Å². The SMILES string of the molecule is C[C@H](CCn1cccn1)NC(=O)c1cn(Cc2ccccc2Cl)nn1. The van der Waals surface area contributed by atoms with Crippen molar-refractivity contribution < 1.29 is 4.79 Å². The van der Waals surface area contributed by atoms with Gasteiger partial charge >= 0.3 is 0 Å². The highest BCUT2D eigenvalue weighted by atomic mass is 35.5. The van der Waals surface area contributed by atoms with Gasteiger partial charge in [-0.15, -0.1) is 5.10 Å². The minimum absolute atomic E-state index is 0.00502. The van der Waals surface area contributed by atoms with Crippen molar-refractivity contribution in [2.24, 2.45) is 0 Å². The number of benzene rings is 1. The first kappa shape index (κ1) is 17.2. The molecule has 7 nitrogen and oxygen atoms in total. The summed E-state index contributed by atoms with van der Waals surface area (Å²) >= 11 is 6.14. The number of aryl methyl sites for hydroxylation is 1. The van der Waals surface area contributed by atoms with Gasteiger partial charge in [-0.2, -0.15) is 5.10 Å². The number of hydrogen-bond donors (Lipinski definition) is 1. The first-order valence-electron chi connectivity index (χ1n) is 8.03. The lowest BCUT2D eigenvalue weighted by Gasteiger charge is -2.12. The zero-order chi connectivity index (χ0) is 17.6. The summed E-state index contributed by atoms with van der Waals surface area (Å²) in [6.07, 6.45) is 6.04. The van der Waals surface area contributed by atoms with Crippen LogP contribution >= 0.6 is 11.6 Å². The number of hydrogen-bond acceptors (Lipinski definition) is 4. The Morgan fingerprint density at radius 3 is 2.88 bits per heavy atom. The topological polar surface area (TPSA) is 77.6 Å². The van der Waals surface area contributed by atoms with Crippen LogP contribution in [0, 0.1) is 0 Å². The van der Waals surface area contributed by atoms with E-state index in [9.17, 15) is 4.79 Å². The molecule has 8 heteroatoms. The van der Waals surface area contributed by atoms with Crippen LogP contribution in [0.1, 0.15) is 29.4 Å². The van der Waals surface area contributed by atoms with Gasteiger partial charge in [-0.25, -0.2) is 4.68 Å². The molecule has 0 aliphatic heterocycles. The second-order valence-corrected chi connectivity index (χ2v) is 6.23. The summed E-state index contributed by atoms with van der Waals surface area (Å²) in [5, 5.41) is 15.7. The number of carbonyl (C=O) groups excluding carboxylic acids is 1. The molecule has 1 atom stereocenters. The molecule has 0 bridgehead atoms. The Labute approximate surface area is 150 Å². The number of aromatic nitrogens is 5. The fraction of sp³-hybridized carbons (Fsp3) is 0.294. The van der Waals surface area contributed by atoms with E-state index in [0.29, 0.717) is 11.6 Å². The number of amides is 1. The van der Waals surface area contributed by atoms with E-state index >= 15 is 0 Å². The number of halogens is 1. The minimum atomic E-state index is -0.238. The van der Waals surface area contributed by atoms with Gasteiger partial charge in [0.2, 0.25) is 0 Å². The van der Waals surface area contributed by atoms with Crippen LogP contribution in [0.15, 0.2) is 48.9 Å². The molecule has 1 N–H and O–H groups in total. The van der Waals surface area contributed by atoms with Crippen molar-refractivity contribution in [1.29, 1.82) is 0 Å². The maximum atomic E-state index is 12.3. The van der Waals surface area contributed by atoms with Crippen LogP contribution < -0.4 is 5.32 Å². The molecule has 0 aliphatic rings. The summed E-state index contributed by atoms with van der Waals surface area (Å²) in [5.74, 6) is -0.238. The monoisotopic (exact) mass is 358 g/mol. The molecule has 1 amide bonds. The molecule has 0 saturated heterocycles. The maximum absolute atomic E-state index is 12.3. The van der Waals surface area contributed by atoms with Crippen LogP contribution in [-0.2, 0) is 13.1 Å². The summed E-state index contributed by atoms with van der Waals surface area (Å²) in [7, 11) is 0. The van der Waals surface area contributed by atoms with Crippen molar-refractivity contribution in [1.82, 2.24) is 30.1 Å². The number of carbonyl (C=O) groups is 1. The van der Waals surface area contributed by atoms with Crippen molar-refractivity contribution in [3.63, 3.8) is 0 Å². The van der Waals surface area contributed by atoms with Crippen molar-refractivity contribution in [3.05, 3.63) is 65.2 Å². The van der Waals surface area contributed by atoms with Gasteiger partial charge in [0.25, 0.3) is 5.91 Å². The van der Waals surface area contributed by atoms with E-state index in [1.807, 2.05) is 48.1 Å². The highest BCUT2D eigenvalue weighted by molar-refractivity contribution is 6.31. The van der Waals surface area contributed by atoms with E-state index in [0.717, 1.165) is 18.5 Å². The standard InChI is InChI=1S/C17H19ClN6O/c1-13(7-10-23-9-4-8-19-23)20-17(25)16-12-24(22-21-16)11-14-5-2-3-6-15(14)18/h2-6,8-9,12-13H,7,10-11H2,1H3,(H,20,25)/t13-/m1/s1. The summed E-state index contributed by atoms with van der Waals surface area (Å²) in [6, 6.07) is 9.40. The molecular formula is C17H19ClN6O. The summed E-state index contributed by atoms with van der Waals surface area (Å²) in [5.41, 5.74) is 1.21. The largest absolute Gasteiger partial charge is 0.348 e. The van der Waals surface area contributed by atoms with Gasteiger partial charge < -0.3 is 5.32 Å². The molecule has 1 aromatic carbocycles. The average Bonchev–Trinajstić information content (AvgIpc) is 3.27. The first-order valence-corrected chi connectivity index (χ1v) is 8.41. The van der Waals surface area contributed by atoms with Crippen LogP contribution in [0.25, 0.3) is 0 Å². The summed E-state index contributed by atoms with van der Waals surface area (Å²) in [4.78, 5) is 12.3. The molecule has 0 spiro atoms. The van der Waals surface area contributed by atoms with Gasteiger partial charge in [-0.1, -0.05) is 35.0 Å². The molecule has 0 aliphatic carbocycles. The second-order valence-electron chi connectivity index (χ2n) is 5.83. The van der Waals surface area contributed by atoms with E-state index < -0.39 is 0 Å². The fourth-order valence-electron chi connectivity index (χ4n) is 2.41. The van der Waals surface area contributed by atoms with Gasteiger partial charge in [0.15, 0.2) is 5.69 Å². The summed E-state index contributed by atoms with van der Waals surface area (Å²) in [6.45, 7) is 3.16. The van der Waals surface area contributed by atoms with Crippen LogP contribution in [0.5, 0.6) is 0 Å². The molecule has 0 saturated carbocycles. The third-order valence-corrected chi connectivity index (χ3v) is 4.16. The van der Waals surface area contributed by atoms with Gasteiger partial charge in [0.05, 0.1) is 12.7 Å². The van der Waals surface area contributed by atoms with Gasteiger partial charge in [0.1, 0.15) is 0 Å². The van der Waals surface area contributed by atoms with Crippen LogP contribution in [0.2, 0.25) is 5.02 Å². The van der Waals surface area contributed by atoms with Gasteiger partial charge in [0, 0.05) is 30.0 Å². The van der Waals surface area contributed by atoms with Crippen molar-refractivity contribution in [3.8, 4) is 0 Å². The molecule has 0 radical (unpaired) electrons. The molecule has 25 heavy (non-hydrogen) atoms. The molecular weight excluding hydrogens is 340 g/mol.